The van der Waals surface area contributed by atoms with E-state index >= 15 is 0 Å². The molecule has 1 rings (SSSR count). The Bertz CT molecular complexity index is 445. The third kappa shape index (κ3) is 4.04. The molecule has 0 aliphatic rings. The molecule has 102 valence electrons. The summed E-state index contributed by atoms with van der Waals surface area (Å²) < 4.78 is 74.5. The summed E-state index contributed by atoms with van der Waals surface area (Å²) in [6.45, 7) is 0. The number of alkyl halides is 5. The first-order chi connectivity index (χ1) is 8.04. The lowest BCUT2D eigenvalue weighted by Crippen LogP contribution is -2.38. The van der Waals surface area contributed by atoms with Gasteiger partial charge in [-0.15, -0.1) is 0 Å². The standard InChI is InChI=1S/C9H8F5O3P/c10-8(11,12)9(13,14)17-18(15,16)6-7-4-2-1-3-5-7/h1-5H,6H2,(H,15,16). The molecule has 9 heteroatoms. The van der Waals surface area contributed by atoms with E-state index in [1.807, 2.05) is 0 Å². The summed E-state index contributed by atoms with van der Waals surface area (Å²) in [5.74, 6) is 0. The van der Waals surface area contributed by atoms with E-state index in [9.17, 15) is 26.5 Å². The maximum atomic E-state index is 12.4. The van der Waals surface area contributed by atoms with Gasteiger partial charge < -0.3 is 4.89 Å². The van der Waals surface area contributed by atoms with Crippen molar-refractivity contribution in [2.75, 3.05) is 0 Å². The van der Waals surface area contributed by atoms with E-state index in [1.165, 1.54) is 24.3 Å². The lowest BCUT2D eigenvalue weighted by Gasteiger charge is -2.22. The zero-order valence-corrected chi connectivity index (χ0v) is 9.59. The quantitative estimate of drug-likeness (QED) is 0.681. The minimum Gasteiger partial charge on any atom is -0.324 e. The molecule has 18 heavy (non-hydrogen) atoms. The van der Waals surface area contributed by atoms with E-state index in [4.69, 9.17) is 4.89 Å². The number of benzene rings is 1. The first kappa shape index (κ1) is 15.1. The Morgan fingerprint density at radius 3 is 2.06 bits per heavy atom. The van der Waals surface area contributed by atoms with Gasteiger partial charge in [-0.2, -0.15) is 22.0 Å². The second-order valence-electron chi connectivity index (χ2n) is 3.39. The van der Waals surface area contributed by atoms with Gasteiger partial charge in [0.2, 0.25) is 0 Å². The Balaban J connectivity index is 2.80. The first-order valence-electron chi connectivity index (χ1n) is 4.54. The molecule has 1 unspecified atom stereocenters. The van der Waals surface area contributed by atoms with Crippen molar-refractivity contribution in [3.63, 3.8) is 0 Å². The van der Waals surface area contributed by atoms with Gasteiger partial charge in [-0.25, -0.2) is 4.52 Å². The van der Waals surface area contributed by atoms with Gasteiger partial charge in [0.25, 0.3) is 0 Å². The van der Waals surface area contributed by atoms with Crippen LogP contribution in [0.15, 0.2) is 30.3 Å². The highest BCUT2D eigenvalue weighted by Crippen LogP contribution is 2.53. The fourth-order valence-corrected chi connectivity index (χ4v) is 2.28. The van der Waals surface area contributed by atoms with Crippen molar-refractivity contribution in [2.24, 2.45) is 0 Å². The molecule has 0 aliphatic heterocycles. The summed E-state index contributed by atoms with van der Waals surface area (Å²) in [5, 5.41) is 0. The van der Waals surface area contributed by atoms with Gasteiger partial charge >= 0.3 is 19.9 Å². The number of hydrogen-bond donors (Lipinski definition) is 1. The van der Waals surface area contributed by atoms with Gasteiger partial charge in [0.1, 0.15) is 0 Å². The van der Waals surface area contributed by atoms with E-state index in [1.54, 1.807) is 6.07 Å². The van der Waals surface area contributed by atoms with Crippen LogP contribution >= 0.6 is 7.60 Å². The Morgan fingerprint density at radius 1 is 1.11 bits per heavy atom. The van der Waals surface area contributed by atoms with E-state index in [0.717, 1.165) is 0 Å². The predicted octanol–water partition coefficient (Wildman–Crippen LogP) is 3.54. The molecule has 1 aromatic rings. The molecule has 0 amide bonds. The minimum absolute atomic E-state index is 0.112. The fourth-order valence-electron chi connectivity index (χ4n) is 1.08. The molecule has 1 atom stereocenters. The lowest BCUT2D eigenvalue weighted by molar-refractivity contribution is -0.362. The summed E-state index contributed by atoms with van der Waals surface area (Å²) >= 11 is 0. The Morgan fingerprint density at radius 2 is 1.61 bits per heavy atom. The molecule has 0 bridgehead atoms. The summed E-state index contributed by atoms with van der Waals surface area (Å²) in [4.78, 5) is 9.02. The van der Waals surface area contributed by atoms with Crippen LogP contribution < -0.4 is 0 Å². The van der Waals surface area contributed by atoms with Crippen LogP contribution in [-0.2, 0) is 15.3 Å². The summed E-state index contributed by atoms with van der Waals surface area (Å²) in [6.07, 6.45) is -12.6. The minimum atomic E-state index is -6.04. The van der Waals surface area contributed by atoms with Crippen LogP contribution in [-0.4, -0.2) is 17.2 Å². The van der Waals surface area contributed by atoms with Crippen LogP contribution in [0.3, 0.4) is 0 Å². The molecule has 3 nitrogen and oxygen atoms in total. The van der Waals surface area contributed by atoms with Crippen molar-refractivity contribution in [2.45, 2.75) is 18.4 Å². The van der Waals surface area contributed by atoms with Crippen LogP contribution in [0.5, 0.6) is 0 Å². The zero-order chi connectivity index (χ0) is 14.0. The van der Waals surface area contributed by atoms with Crippen LogP contribution in [0.2, 0.25) is 0 Å². The zero-order valence-electron chi connectivity index (χ0n) is 8.69. The van der Waals surface area contributed by atoms with Gasteiger partial charge in [-0.05, 0) is 5.56 Å². The van der Waals surface area contributed by atoms with E-state index in [0.29, 0.717) is 0 Å². The topological polar surface area (TPSA) is 46.5 Å². The second kappa shape index (κ2) is 4.95. The highest BCUT2D eigenvalue weighted by Gasteiger charge is 2.62. The molecular weight excluding hydrogens is 282 g/mol. The van der Waals surface area contributed by atoms with Gasteiger partial charge in [-0.3, -0.25) is 4.57 Å². The number of halogens is 5. The molecular formula is C9H8F5O3P. The molecule has 1 aromatic carbocycles. The van der Waals surface area contributed by atoms with Gasteiger partial charge in [0.15, 0.2) is 0 Å². The van der Waals surface area contributed by atoms with Crippen LogP contribution in [0.1, 0.15) is 5.56 Å². The summed E-state index contributed by atoms with van der Waals surface area (Å²) in [7, 11) is -5.10. The number of rotatable bonds is 4. The van der Waals surface area contributed by atoms with Crippen molar-refractivity contribution in [3.05, 3.63) is 35.9 Å². The SMILES string of the molecule is O=P(O)(Cc1ccccc1)OC(F)(F)C(F)(F)F. The van der Waals surface area contributed by atoms with E-state index in [2.05, 4.69) is 4.52 Å². The summed E-state index contributed by atoms with van der Waals surface area (Å²) in [6, 6.07) is 7.04. The average Bonchev–Trinajstić information content (AvgIpc) is 2.14. The first-order valence-corrected chi connectivity index (χ1v) is 6.31. The smallest absolute Gasteiger partial charge is 0.324 e. The third-order valence-corrected chi connectivity index (χ3v) is 3.09. The Kier molecular flexibility index (Phi) is 4.15. The molecule has 0 radical (unpaired) electrons. The molecule has 0 aromatic heterocycles. The van der Waals surface area contributed by atoms with Crippen molar-refractivity contribution in [1.29, 1.82) is 0 Å². The van der Waals surface area contributed by atoms with Gasteiger partial charge in [0.05, 0.1) is 6.16 Å². The molecule has 0 heterocycles. The Labute approximate surface area is 98.7 Å². The largest absolute Gasteiger partial charge is 0.483 e. The van der Waals surface area contributed by atoms with Crippen molar-refractivity contribution >= 4 is 7.60 Å². The predicted molar refractivity (Wildman–Crippen MR) is 52.1 cm³/mol. The fraction of sp³-hybridized carbons (Fsp3) is 0.333. The van der Waals surface area contributed by atoms with Crippen molar-refractivity contribution < 1.29 is 35.9 Å². The van der Waals surface area contributed by atoms with E-state index < -0.39 is 26.0 Å². The van der Waals surface area contributed by atoms with Gasteiger partial charge in [0, 0.05) is 0 Å². The number of hydrogen-bond acceptors (Lipinski definition) is 2. The highest BCUT2D eigenvalue weighted by atomic mass is 31.2. The maximum Gasteiger partial charge on any atom is 0.483 e. The van der Waals surface area contributed by atoms with Crippen molar-refractivity contribution in [1.82, 2.24) is 0 Å². The molecule has 1 N–H and O–H groups in total. The highest BCUT2D eigenvalue weighted by molar-refractivity contribution is 7.52. The summed E-state index contributed by atoms with van der Waals surface area (Å²) in [5.41, 5.74) is 0.112. The van der Waals surface area contributed by atoms with E-state index in [-0.39, 0.29) is 5.56 Å². The average molecular weight is 290 g/mol. The molecule has 0 saturated carbocycles. The molecule has 0 fully saturated rings. The lowest BCUT2D eigenvalue weighted by atomic mass is 10.2. The maximum absolute atomic E-state index is 12.4. The molecule has 0 spiro atoms. The molecule has 0 saturated heterocycles. The van der Waals surface area contributed by atoms with Gasteiger partial charge in [-0.1, -0.05) is 30.3 Å². The van der Waals surface area contributed by atoms with Crippen LogP contribution in [0.4, 0.5) is 22.0 Å². The monoisotopic (exact) mass is 290 g/mol. The Hall–Kier alpha value is -0.980. The molecule has 0 aliphatic carbocycles. The van der Waals surface area contributed by atoms with Crippen LogP contribution in [0.25, 0.3) is 0 Å². The normalized spacial score (nSPS) is 16.3. The van der Waals surface area contributed by atoms with Crippen LogP contribution in [0, 0.1) is 0 Å². The third-order valence-electron chi connectivity index (χ3n) is 1.81. The van der Waals surface area contributed by atoms with Crippen molar-refractivity contribution in [3.8, 4) is 0 Å². The second-order valence-corrected chi connectivity index (χ2v) is 5.16.